The van der Waals surface area contributed by atoms with Gasteiger partial charge in [-0.2, -0.15) is 13.2 Å². The first kappa shape index (κ1) is 13.4. The van der Waals surface area contributed by atoms with Gasteiger partial charge in [0.05, 0.1) is 5.56 Å². The molecule has 2 rings (SSSR count). The Balaban J connectivity index is 2.57. The van der Waals surface area contributed by atoms with Crippen molar-refractivity contribution in [3.05, 3.63) is 52.8 Å². The molecule has 0 spiro atoms. The lowest BCUT2D eigenvalue weighted by Crippen LogP contribution is -2.06. The molecule has 1 aromatic heterocycles. The van der Waals surface area contributed by atoms with Crippen LogP contribution < -0.4 is 0 Å². The van der Waals surface area contributed by atoms with E-state index in [2.05, 4.69) is 0 Å². The highest BCUT2D eigenvalue weighted by atomic mass is 19.4. The van der Waals surface area contributed by atoms with Crippen LogP contribution in [0.15, 0.2) is 30.5 Å². The van der Waals surface area contributed by atoms with E-state index in [1.165, 1.54) is 6.07 Å². The number of benzene rings is 1. The minimum atomic E-state index is -4.38. The number of carbonyl (C=O) groups excluding carboxylic acids is 1. The second kappa shape index (κ2) is 4.57. The van der Waals surface area contributed by atoms with Crippen LogP contribution in [0.4, 0.5) is 13.2 Å². The molecule has 0 aliphatic heterocycles. The Labute approximate surface area is 108 Å². The molecule has 0 radical (unpaired) electrons. The molecule has 19 heavy (non-hydrogen) atoms. The number of nitrogens with zero attached hydrogens (tertiary/aromatic N) is 1. The maximum absolute atomic E-state index is 12.7. The third-order valence-corrected chi connectivity index (χ3v) is 3.07. The quantitative estimate of drug-likeness (QED) is 0.756. The van der Waals surface area contributed by atoms with E-state index < -0.39 is 11.7 Å². The first-order chi connectivity index (χ1) is 8.84. The van der Waals surface area contributed by atoms with Crippen molar-refractivity contribution in [1.82, 2.24) is 4.57 Å². The van der Waals surface area contributed by atoms with E-state index in [0.717, 1.165) is 24.0 Å². The second-order valence-corrected chi connectivity index (χ2v) is 4.35. The molecule has 2 nitrogen and oxygen atoms in total. The predicted molar refractivity (Wildman–Crippen MR) is 65.6 cm³/mol. The van der Waals surface area contributed by atoms with E-state index in [1.807, 2.05) is 0 Å². The van der Waals surface area contributed by atoms with E-state index >= 15 is 0 Å². The Morgan fingerprint density at radius 1 is 1.21 bits per heavy atom. The number of aryl methyl sites for hydroxylation is 1. The zero-order valence-corrected chi connectivity index (χ0v) is 10.5. The van der Waals surface area contributed by atoms with Gasteiger partial charge in [-0.3, -0.25) is 4.79 Å². The molecule has 0 atom stereocenters. The lowest BCUT2D eigenvalue weighted by Gasteiger charge is -2.11. The van der Waals surface area contributed by atoms with E-state index in [-0.39, 0.29) is 0 Å². The van der Waals surface area contributed by atoms with Crippen LogP contribution in [0.5, 0.6) is 0 Å². The van der Waals surface area contributed by atoms with Crippen LogP contribution in [0.1, 0.15) is 27.2 Å². The van der Waals surface area contributed by atoms with Gasteiger partial charge in [0, 0.05) is 23.1 Å². The summed E-state index contributed by atoms with van der Waals surface area (Å²) in [5.41, 5.74) is 1.57. The predicted octanol–water partition coefficient (Wildman–Crippen LogP) is 3.93. The minimum Gasteiger partial charge on any atom is -0.320 e. The Kier molecular flexibility index (Phi) is 3.22. The van der Waals surface area contributed by atoms with E-state index in [0.29, 0.717) is 16.9 Å². The standard InChI is InChI=1S/C14H12F3NO/c1-9-7-18(10(2)13(9)8-19)12-5-3-4-11(6-12)14(15,16)17/h3-8H,1-2H3. The molecule has 1 heterocycles. The molecule has 0 saturated heterocycles. The van der Waals surface area contributed by atoms with Crippen LogP contribution in [0, 0.1) is 13.8 Å². The fraction of sp³-hybridized carbons (Fsp3) is 0.214. The number of hydrogen-bond donors (Lipinski definition) is 0. The van der Waals surface area contributed by atoms with E-state index in [4.69, 9.17) is 0 Å². The number of rotatable bonds is 2. The molecule has 2 aromatic rings. The van der Waals surface area contributed by atoms with Crippen LogP contribution in [-0.2, 0) is 6.18 Å². The van der Waals surface area contributed by atoms with Gasteiger partial charge < -0.3 is 4.57 Å². The Hall–Kier alpha value is -2.04. The summed E-state index contributed by atoms with van der Waals surface area (Å²) in [5, 5.41) is 0. The highest BCUT2D eigenvalue weighted by Crippen LogP contribution is 2.31. The van der Waals surface area contributed by atoms with Crippen LogP contribution in [0.3, 0.4) is 0 Å². The number of halogens is 3. The lowest BCUT2D eigenvalue weighted by molar-refractivity contribution is -0.137. The van der Waals surface area contributed by atoms with Crippen LogP contribution in [0.25, 0.3) is 5.69 Å². The largest absolute Gasteiger partial charge is 0.416 e. The molecule has 0 aliphatic rings. The van der Waals surface area contributed by atoms with Crippen molar-refractivity contribution in [2.75, 3.05) is 0 Å². The van der Waals surface area contributed by atoms with Crippen molar-refractivity contribution in [3.63, 3.8) is 0 Å². The Bertz CT molecular complexity index is 626. The molecule has 0 saturated carbocycles. The third kappa shape index (κ3) is 2.41. The fourth-order valence-electron chi connectivity index (χ4n) is 2.05. The fourth-order valence-corrected chi connectivity index (χ4v) is 2.05. The number of hydrogen-bond acceptors (Lipinski definition) is 1. The number of aldehydes is 1. The molecule has 0 unspecified atom stereocenters. The van der Waals surface area contributed by atoms with Crippen LogP contribution in [0.2, 0.25) is 0 Å². The van der Waals surface area contributed by atoms with Gasteiger partial charge in [-0.1, -0.05) is 6.07 Å². The van der Waals surface area contributed by atoms with Crippen LogP contribution >= 0.6 is 0 Å². The van der Waals surface area contributed by atoms with Crippen molar-refractivity contribution in [2.45, 2.75) is 20.0 Å². The summed E-state index contributed by atoms with van der Waals surface area (Å²) in [6, 6.07) is 5.03. The summed E-state index contributed by atoms with van der Waals surface area (Å²) in [5.74, 6) is 0. The molecular weight excluding hydrogens is 255 g/mol. The topological polar surface area (TPSA) is 22.0 Å². The summed E-state index contributed by atoms with van der Waals surface area (Å²) in [4.78, 5) is 10.9. The van der Waals surface area contributed by atoms with Gasteiger partial charge in [0.2, 0.25) is 0 Å². The summed E-state index contributed by atoms with van der Waals surface area (Å²) >= 11 is 0. The summed E-state index contributed by atoms with van der Waals surface area (Å²) < 4.78 is 39.6. The van der Waals surface area contributed by atoms with Gasteiger partial charge in [-0.25, -0.2) is 0 Å². The second-order valence-electron chi connectivity index (χ2n) is 4.35. The zero-order chi connectivity index (χ0) is 14.2. The molecule has 5 heteroatoms. The Morgan fingerprint density at radius 2 is 1.89 bits per heavy atom. The van der Waals surface area contributed by atoms with E-state index in [1.54, 1.807) is 30.7 Å². The van der Waals surface area contributed by atoms with Gasteiger partial charge in [-0.05, 0) is 37.6 Å². The van der Waals surface area contributed by atoms with Crippen molar-refractivity contribution >= 4 is 6.29 Å². The zero-order valence-electron chi connectivity index (χ0n) is 10.5. The molecule has 0 bridgehead atoms. The monoisotopic (exact) mass is 267 g/mol. The molecule has 0 amide bonds. The summed E-state index contributed by atoms with van der Waals surface area (Å²) in [7, 11) is 0. The van der Waals surface area contributed by atoms with E-state index in [9.17, 15) is 18.0 Å². The first-order valence-electron chi connectivity index (χ1n) is 5.66. The summed E-state index contributed by atoms with van der Waals surface area (Å²) in [6.45, 7) is 3.46. The SMILES string of the molecule is Cc1cn(-c2cccc(C(F)(F)F)c2)c(C)c1C=O. The molecular formula is C14H12F3NO. The van der Waals surface area contributed by atoms with Gasteiger partial charge in [0.15, 0.2) is 6.29 Å². The minimum absolute atomic E-state index is 0.392. The molecule has 100 valence electrons. The average Bonchev–Trinajstić information content (AvgIpc) is 2.63. The number of alkyl halides is 3. The van der Waals surface area contributed by atoms with Gasteiger partial charge in [0.1, 0.15) is 0 Å². The first-order valence-corrected chi connectivity index (χ1v) is 5.66. The normalized spacial score (nSPS) is 11.6. The van der Waals surface area contributed by atoms with Crippen molar-refractivity contribution < 1.29 is 18.0 Å². The molecule has 0 aliphatic carbocycles. The maximum atomic E-state index is 12.7. The van der Waals surface area contributed by atoms with Crippen molar-refractivity contribution in [1.29, 1.82) is 0 Å². The average molecular weight is 267 g/mol. The number of carbonyl (C=O) groups is 1. The van der Waals surface area contributed by atoms with Crippen LogP contribution in [-0.4, -0.2) is 10.9 Å². The van der Waals surface area contributed by atoms with Crippen molar-refractivity contribution in [3.8, 4) is 5.69 Å². The molecule has 0 fully saturated rings. The molecule has 1 aromatic carbocycles. The smallest absolute Gasteiger partial charge is 0.320 e. The lowest BCUT2D eigenvalue weighted by atomic mass is 10.2. The van der Waals surface area contributed by atoms with Crippen molar-refractivity contribution in [2.24, 2.45) is 0 Å². The highest BCUT2D eigenvalue weighted by Gasteiger charge is 2.30. The third-order valence-electron chi connectivity index (χ3n) is 3.07. The van der Waals surface area contributed by atoms with Gasteiger partial charge in [-0.15, -0.1) is 0 Å². The number of aromatic nitrogens is 1. The Morgan fingerprint density at radius 3 is 2.42 bits per heavy atom. The van der Waals surface area contributed by atoms with Gasteiger partial charge >= 0.3 is 6.18 Å². The summed E-state index contributed by atoms with van der Waals surface area (Å²) in [6.07, 6.45) is -2.00. The highest BCUT2D eigenvalue weighted by molar-refractivity contribution is 5.79. The van der Waals surface area contributed by atoms with Gasteiger partial charge in [0.25, 0.3) is 0 Å². The maximum Gasteiger partial charge on any atom is 0.416 e. The molecule has 0 N–H and O–H groups in total.